The molecule has 1 aromatic carbocycles. The zero-order chi connectivity index (χ0) is 18.0. The van der Waals surface area contributed by atoms with Gasteiger partial charge in [0.05, 0.1) is 12.3 Å². The molecule has 0 atom stereocenters. The van der Waals surface area contributed by atoms with Crippen LogP contribution in [-0.4, -0.2) is 59.1 Å². The van der Waals surface area contributed by atoms with Crippen molar-refractivity contribution in [2.24, 2.45) is 4.99 Å². The number of hydrogen-bond acceptors (Lipinski definition) is 4. The normalized spacial score (nSPS) is 12.1. The predicted octanol–water partition coefficient (Wildman–Crippen LogP) is 1.42. The van der Waals surface area contributed by atoms with Crippen LogP contribution in [0.5, 0.6) is 0 Å². The Labute approximate surface area is 146 Å². The summed E-state index contributed by atoms with van der Waals surface area (Å²) in [6, 6.07) is 8.45. The summed E-state index contributed by atoms with van der Waals surface area (Å²) in [6.45, 7) is 9.71. The van der Waals surface area contributed by atoms with Crippen molar-refractivity contribution in [3.63, 3.8) is 0 Å². The molecule has 24 heavy (non-hydrogen) atoms. The van der Waals surface area contributed by atoms with Gasteiger partial charge in [0.25, 0.3) is 0 Å². The molecule has 1 aromatic rings. The van der Waals surface area contributed by atoms with Gasteiger partial charge in [0.2, 0.25) is 0 Å². The van der Waals surface area contributed by atoms with Crippen molar-refractivity contribution in [1.82, 2.24) is 10.6 Å². The standard InChI is InChI=1S/C17H30N4O2S/c1-5-18-17(20-11-13-24(4,22)23)19-10-12-21(6-2)16-9-7-8-15(3)14-16/h7-9,14H,5-6,10-13H2,1-4H3,(H2,18,19,20). The number of rotatable bonds is 9. The highest BCUT2D eigenvalue weighted by Gasteiger charge is 2.05. The largest absolute Gasteiger partial charge is 0.370 e. The van der Waals surface area contributed by atoms with Crippen LogP contribution in [0, 0.1) is 6.92 Å². The number of anilines is 1. The van der Waals surface area contributed by atoms with E-state index in [0.717, 1.165) is 26.2 Å². The van der Waals surface area contributed by atoms with E-state index in [1.807, 2.05) is 6.92 Å². The molecule has 0 radical (unpaired) electrons. The minimum atomic E-state index is -2.98. The molecule has 0 aliphatic heterocycles. The summed E-state index contributed by atoms with van der Waals surface area (Å²) < 4.78 is 22.4. The fourth-order valence-corrected chi connectivity index (χ4v) is 2.69. The van der Waals surface area contributed by atoms with Crippen LogP contribution in [-0.2, 0) is 9.84 Å². The van der Waals surface area contributed by atoms with Gasteiger partial charge in [0.1, 0.15) is 9.84 Å². The minimum absolute atomic E-state index is 0.0634. The Kier molecular flexibility index (Phi) is 8.60. The highest BCUT2D eigenvalue weighted by molar-refractivity contribution is 7.90. The lowest BCUT2D eigenvalue weighted by Gasteiger charge is -2.24. The SMILES string of the molecule is CCNC(=NCCS(C)(=O)=O)NCCN(CC)c1cccc(C)c1. The molecule has 0 amide bonds. The summed E-state index contributed by atoms with van der Waals surface area (Å²) in [6.07, 6.45) is 1.23. The van der Waals surface area contributed by atoms with E-state index in [9.17, 15) is 8.42 Å². The van der Waals surface area contributed by atoms with E-state index in [1.165, 1.54) is 17.5 Å². The number of likely N-dealkylation sites (N-methyl/N-ethyl adjacent to an activating group) is 1. The number of aliphatic imine (C=N–C) groups is 1. The van der Waals surface area contributed by atoms with Gasteiger partial charge < -0.3 is 15.5 Å². The van der Waals surface area contributed by atoms with Crippen LogP contribution in [0.15, 0.2) is 29.3 Å². The van der Waals surface area contributed by atoms with Crippen LogP contribution in [0.1, 0.15) is 19.4 Å². The first-order valence-corrected chi connectivity index (χ1v) is 10.4. The molecule has 0 aliphatic rings. The van der Waals surface area contributed by atoms with Gasteiger partial charge in [0, 0.05) is 38.1 Å². The summed E-state index contributed by atoms with van der Waals surface area (Å²) in [5.74, 6) is 0.718. The van der Waals surface area contributed by atoms with Crippen molar-refractivity contribution < 1.29 is 8.42 Å². The van der Waals surface area contributed by atoms with E-state index in [4.69, 9.17) is 0 Å². The highest BCUT2D eigenvalue weighted by Crippen LogP contribution is 2.14. The highest BCUT2D eigenvalue weighted by atomic mass is 32.2. The van der Waals surface area contributed by atoms with Crippen molar-refractivity contribution in [3.8, 4) is 0 Å². The molecular formula is C17H30N4O2S. The van der Waals surface area contributed by atoms with E-state index in [0.29, 0.717) is 5.96 Å². The molecule has 0 fully saturated rings. The lowest BCUT2D eigenvalue weighted by atomic mass is 10.2. The molecule has 0 aromatic heterocycles. The van der Waals surface area contributed by atoms with Crippen LogP contribution >= 0.6 is 0 Å². The monoisotopic (exact) mass is 354 g/mol. The smallest absolute Gasteiger partial charge is 0.191 e. The molecule has 0 bridgehead atoms. The summed E-state index contributed by atoms with van der Waals surface area (Å²) >= 11 is 0. The van der Waals surface area contributed by atoms with E-state index in [2.05, 4.69) is 58.6 Å². The maximum atomic E-state index is 11.2. The Morgan fingerprint density at radius 2 is 2.00 bits per heavy atom. The van der Waals surface area contributed by atoms with Crippen molar-refractivity contribution in [2.75, 3.05) is 49.6 Å². The number of benzene rings is 1. The number of sulfone groups is 1. The van der Waals surface area contributed by atoms with Crippen molar-refractivity contribution in [3.05, 3.63) is 29.8 Å². The van der Waals surface area contributed by atoms with E-state index in [-0.39, 0.29) is 12.3 Å². The summed E-state index contributed by atoms with van der Waals surface area (Å²) in [5.41, 5.74) is 2.45. The average Bonchev–Trinajstić information content (AvgIpc) is 2.50. The second kappa shape index (κ2) is 10.2. The van der Waals surface area contributed by atoms with E-state index < -0.39 is 9.84 Å². The fraction of sp³-hybridized carbons (Fsp3) is 0.588. The van der Waals surface area contributed by atoms with Crippen LogP contribution in [0.3, 0.4) is 0 Å². The van der Waals surface area contributed by atoms with E-state index >= 15 is 0 Å². The zero-order valence-electron chi connectivity index (χ0n) is 15.2. The second-order valence-corrected chi connectivity index (χ2v) is 8.00. The Morgan fingerprint density at radius 1 is 1.25 bits per heavy atom. The third kappa shape index (κ3) is 8.19. The molecule has 0 aliphatic carbocycles. The molecule has 0 unspecified atom stereocenters. The molecule has 0 heterocycles. The van der Waals surface area contributed by atoms with Crippen molar-refractivity contribution in [1.29, 1.82) is 0 Å². The Morgan fingerprint density at radius 3 is 2.58 bits per heavy atom. The van der Waals surface area contributed by atoms with Crippen LogP contribution in [0.2, 0.25) is 0 Å². The lowest BCUT2D eigenvalue weighted by molar-refractivity contribution is 0.601. The van der Waals surface area contributed by atoms with Crippen LogP contribution < -0.4 is 15.5 Å². The van der Waals surface area contributed by atoms with Gasteiger partial charge in [-0.15, -0.1) is 0 Å². The van der Waals surface area contributed by atoms with Gasteiger partial charge in [-0.05, 0) is 38.5 Å². The number of nitrogens with zero attached hydrogens (tertiary/aromatic N) is 2. The second-order valence-electron chi connectivity index (χ2n) is 5.74. The molecule has 0 saturated carbocycles. The molecule has 136 valence electrons. The molecule has 0 saturated heterocycles. The van der Waals surface area contributed by atoms with Gasteiger partial charge in [0.15, 0.2) is 5.96 Å². The predicted molar refractivity (Wildman–Crippen MR) is 103 cm³/mol. The Balaban J connectivity index is 2.55. The molecule has 7 heteroatoms. The summed E-state index contributed by atoms with van der Waals surface area (Å²) in [5, 5.41) is 6.39. The molecule has 0 spiro atoms. The maximum absolute atomic E-state index is 11.2. The third-order valence-electron chi connectivity index (χ3n) is 3.50. The number of guanidine groups is 1. The first kappa shape index (κ1) is 20.3. The number of nitrogens with one attached hydrogen (secondary N) is 2. The third-order valence-corrected chi connectivity index (χ3v) is 4.42. The van der Waals surface area contributed by atoms with E-state index in [1.54, 1.807) is 0 Å². The zero-order valence-corrected chi connectivity index (χ0v) is 16.0. The maximum Gasteiger partial charge on any atom is 0.191 e. The number of aryl methyl sites for hydroxylation is 1. The first-order chi connectivity index (χ1) is 11.4. The fourth-order valence-electron chi connectivity index (χ4n) is 2.27. The topological polar surface area (TPSA) is 73.8 Å². The Bertz CT molecular complexity index is 629. The van der Waals surface area contributed by atoms with Gasteiger partial charge in [-0.25, -0.2) is 8.42 Å². The molecule has 1 rings (SSSR count). The summed E-state index contributed by atoms with van der Waals surface area (Å²) in [4.78, 5) is 6.60. The quantitative estimate of drug-likeness (QED) is 0.518. The van der Waals surface area contributed by atoms with Gasteiger partial charge in [-0.1, -0.05) is 12.1 Å². The van der Waals surface area contributed by atoms with Gasteiger partial charge in [-0.2, -0.15) is 0 Å². The molecule has 6 nitrogen and oxygen atoms in total. The summed E-state index contributed by atoms with van der Waals surface area (Å²) in [7, 11) is -2.98. The van der Waals surface area contributed by atoms with Gasteiger partial charge >= 0.3 is 0 Å². The van der Waals surface area contributed by atoms with Crippen molar-refractivity contribution >= 4 is 21.5 Å². The average molecular weight is 355 g/mol. The van der Waals surface area contributed by atoms with Crippen LogP contribution in [0.25, 0.3) is 0 Å². The van der Waals surface area contributed by atoms with Crippen molar-refractivity contribution in [2.45, 2.75) is 20.8 Å². The lowest BCUT2D eigenvalue weighted by Crippen LogP contribution is -2.42. The molecular weight excluding hydrogens is 324 g/mol. The molecule has 2 N–H and O–H groups in total. The first-order valence-electron chi connectivity index (χ1n) is 8.37. The number of hydrogen-bond donors (Lipinski definition) is 2. The minimum Gasteiger partial charge on any atom is -0.370 e. The Hall–Kier alpha value is -1.76. The van der Waals surface area contributed by atoms with Crippen LogP contribution in [0.4, 0.5) is 5.69 Å². The van der Waals surface area contributed by atoms with Gasteiger partial charge in [-0.3, -0.25) is 4.99 Å².